The molecular formula is C12H9BrFIOS. The van der Waals surface area contributed by atoms with Crippen LogP contribution < -0.4 is 0 Å². The zero-order valence-corrected chi connectivity index (χ0v) is 13.2. The molecule has 0 saturated carbocycles. The Hall–Kier alpha value is 0.0200. The Morgan fingerprint density at radius 2 is 2.18 bits per heavy atom. The van der Waals surface area contributed by atoms with Crippen LogP contribution in [0.4, 0.5) is 4.39 Å². The third kappa shape index (κ3) is 3.49. The summed E-state index contributed by atoms with van der Waals surface area (Å²) in [7, 11) is 0. The summed E-state index contributed by atoms with van der Waals surface area (Å²) < 4.78 is 15.4. The van der Waals surface area contributed by atoms with Gasteiger partial charge < -0.3 is 5.11 Å². The summed E-state index contributed by atoms with van der Waals surface area (Å²) >= 11 is 6.99. The normalized spacial score (nSPS) is 12.7. The van der Waals surface area contributed by atoms with E-state index in [-0.39, 0.29) is 5.82 Å². The number of benzene rings is 1. The van der Waals surface area contributed by atoms with Crippen LogP contribution in [0.5, 0.6) is 0 Å². The summed E-state index contributed by atoms with van der Waals surface area (Å²) in [5.74, 6) is -0.289. The Kier molecular flexibility index (Phi) is 4.57. The molecule has 2 rings (SSSR count). The molecule has 1 aromatic carbocycles. The molecular weight excluding hydrogens is 418 g/mol. The monoisotopic (exact) mass is 426 g/mol. The Labute approximate surface area is 125 Å². The van der Waals surface area contributed by atoms with Gasteiger partial charge in [-0.3, -0.25) is 0 Å². The van der Waals surface area contributed by atoms with Crippen molar-refractivity contribution in [1.29, 1.82) is 0 Å². The second kappa shape index (κ2) is 5.77. The fourth-order valence-electron chi connectivity index (χ4n) is 1.51. The van der Waals surface area contributed by atoms with Crippen molar-refractivity contribution in [3.05, 3.63) is 53.9 Å². The van der Waals surface area contributed by atoms with Crippen molar-refractivity contribution in [3.63, 3.8) is 0 Å². The number of aliphatic hydroxyl groups excluding tert-OH is 1. The lowest BCUT2D eigenvalue weighted by Gasteiger charge is -2.09. The average molecular weight is 427 g/mol. The first kappa shape index (κ1) is 13.5. The molecule has 0 bridgehead atoms. The fourth-order valence-corrected chi connectivity index (χ4v) is 3.26. The van der Waals surface area contributed by atoms with Gasteiger partial charge in [0.05, 0.1) is 8.99 Å². The van der Waals surface area contributed by atoms with Crippen molar-refractivity contribution in [2.45, 2.75) is 12.5 Å². The van der Waals surface area contributed by atoms with E-state index >= 15 is 0 Å². The van der Waals surface area contributed by atoms with Gasteiger partial charge in [0, 0.05) is 10.9 Å². The number of hydrogen-bond donors (Lipinski definition) is 1. The van der Waals surface area contributed by atoms with Gasteiger partial charge in [-0.05, 0) is 57.3 Å². The van der Waals surface area contributed by atoms with Gasteiger partial charge in [0.25, 0.3) is 0 Å². The van der Waals surface area contributed by atoms with Gasteiger partial charge in [-0.2, -0.15) is 0 Å². The number of thiophene rings is 1. The van der Waals surface area contributed by atoms with E-state index in [0.29, 0.717) is 16.5 Å². The van der Waals surface area contributed by atoms with E-state index in [1.807, 2.05) is 11.4 Å². The third-order valence-corrected chi connectivity index (χ3v) is 4.70. The lowest BCUT2D eigenvalue weighted by Crippen LogP contribution is -2.02. The van der Waals surface area contributed by atoms with Crippen LogP contribution in [0.1, 0.15) is 17.2 Å². The van der Waals surface area contributed by atoms with Gasteiger partial charge in [0.15, 0.2) is 0 Å². The lowest BCUT2D eigenvalue weighted by atomic mass is 10.0. The lowest BCUT2D eigenvalue weighted by molar-refractivity contribution is 0.177. The van der Waals surface area contributed by atoms with Crippen LogP contribution >= 0.6 is 49.9 Å². The highest BCUT2D eigenvalue weighted by atomic mass is 127. The Morgan fingerprint density at radius 1 is 1.41 bits per heavy atom. The topological polar surface area (TPSA) is 20.2 Å². The van der Waals surface area contributed by atoms with Crippen molar-refractivity contribution >= 4 is 49.9 Å². The van der Waals surface area contributed by atoms with Crippen LogP contribution in [0.2, 0.25) is 0 Å². The summed E-state index contributed by atoms with van der Waals surface area (Å²) in [6, 6.07) is 6.81. The summed E-state index contributed by atoms with van der Waals surface area (Å²) in [5, 5.41) is 11.9. The Bertz CT molecular complexity index is 529. The van der Waals surface area contributed by atoms with Gasteiger partial charge in [-0.15, -0.1) is 11.3 Å². The second-order valence-corrected chi connectivity index (χ2v) is 7.36. The third-order valence-electron chi connectivity index (χ3n) is 2.40. The van der Waals surface area contributed by atoms with Gasteiger partial charge >= 0.3 is 0 Å². The van der Waals surface area contributed by atoms with Crippen LogP contribution in [-0.4, -0.2) is 5.11 Å². The molecule has 0 aliphatic heterocycles. The van der Waals surface area contributed by atoms with E-state index in [0.717, 1.165) is 8.45 Å². The highest BCUT2D eigenvalue weighted by Crippen LogP contribution is 2.26. The molecule has 0 fully saturated rings. The molecule has 1 heterocycles. The minimum absolute atomic E-state index is 0.289. The highest BCUT2D eigenvalue weighted by Gasteiger charge is 2.13. The predicted octanol–water partition coefficient (Wildman–Crippen LogP) is 4.53. The summed E-state index contributed by atoms with van der Waals surface area (Å²) in [4.78, 5) is 0. The quantitative estimate of drug-likeness (QED) is 0.715. The molecule has 2 aromatic rings. The molecule has 1 atom stereocenters. The number of rotatable bonds is 3. The SMILES string of the molecule is OC(Cc1ccc(Br)cc1F)c1csc(I)c1. The molecule has 1 N–H and O–H groups in total. The molecule has 0 aliphatic carbocycles. The molecule has 1 unspecified atom stereocenters. The van der Waals surface area contributed by atoms with Gasteiger partial charge in [0.2, 0.25) is 0 Å². The Balaban J connectivity index is 2.15. The highest BCUT2D eigenvalue weighted by molar-refractivity contribution is 14.1. The zero-order chi connectivity index (χ0) is 12.4. The van der Waals surface area contributed by atoms with Crippen LogP contribution in [0, 0.1) is 8.70 Å². The van der Waals surface area contributed by atoms with Crippen molar-refractivity contribution in [1.82, 2.24) is 0 Å². The standard InChI is InChI=1S/C12H9BrFIOS/c13-9-2-1-7(10(14)5-9)3-11(16)8-4-12(15)17-6-8/h1-2,4-6,11,16H,3H2. The maximum atomic E-state index is 13.6. The van der Waals surface area contributed by atoms with E-state index < -0.39 is 6.10 Å². The summed E-state index contributed by atoms with van der Waals surface area (Å²) in [6.07, 6.45) is -0.350. The molecule has 17 heavy (non-hydrogen) atoms. The molecule has 1 aromatic heterocycles. The maximum absolute atomic E-state index is 13.6. The van der Waals surface area contributed by atoms with Crippen molar-refractivity contribution in [3.8, 4) is 0 Å². The first-order valence-corrected chi connectivity index (χ1v) is 7.67. The smallest absolute Gasteiger partial charge is 0.127 e. The second-order valence-electron chi connectivity index (χ2n) is 3.64. The molecule has 0 saturated heterocycles. The van der Waals surface area contributed by atoms with Crippen molar-refractivity contribution in [2.75, 3.05) is 0 Å². The number of halogens is 3. The van der Waals surface area contributed by atoms with Gasteiger partial charge in [0.1, 0.15) is 5.82 Å². The van der Waals surface area contributed by atoms with Crippen LogP contribution in [-0.2, 0) is 6.42 Å². The minimum atomic E-state index is -0.648. The van der Waals surface area contributed by atoms with Crippen LogP contribution in [0.3, 0.4) is 0 Å². The zero-order valence-electron chi connectivity index (χ0n) is 8.66. The first-order valence-electron chi connectivity index (χ1n) is 4.92. The minimum Gasteiger partial charge on any atom is -0.388 e. The summed E-state index contributed by atoms with van der Waals surface area (Å²) in [5.41, 5.74) is 1.38. The Morgan fingerprint density at radius 3 is 2.76 bits per heavy atom. The number of hydrogen-bond acceptors (Lipinski definition) is 2. The maximum Gasteiger partial charge on any atom is 0.127 e. The van der Waals surface area contributed by atoms with E-state index in [1.165, 1.54) is 6.07 Å². The predicted molar refractivity (Wildman–Crippen MR) is 79.8 cm³/mol. The van der Waals surface area contributed by atoms with Crippen LogP contribution in [0.25, 0.3) is 0 Å². The molecule has 0 aliphatic rings. The first-order chi connectivity index (χ1) is 8.06. The van der Waals surface area contributed by atoms with E-state index in [2.05, 4.69) is 38.5 Å². The number of aliphatic hydroxyl groups is 1. The molecule has 0 spiro atoms. The van der Waals surface area contributed by atoms with Crippen molar-refractivity contribution < 1.29 is 9.50 Å². The average Bonchev–Trinajstić information content (AvgIpc) is 2.69. The summed E-state index contributed by atoms with van der Waals surface area (Å²) in [6.45, 7) is 0. The fraction of sp³-hybridized carbons (Fsp3) is 0.167. The van der Waals surface area contributed by atoms with E-state index in [4.69, 9.17) is 0 Å². The molecule has 5 heteroatoms. The largest absolute Gasteiger partial charge is 0.388 e. The molecule has 90 valence electrons. The molecule has 1 nitrogen and oxygen atoms in total. The molecule has 0 amide bonds. The van der Waals surface area contributed by atoms with E-state index in [9.17, 15) is 9.50 Å². The van der Waals surface area contributed by atoms with Crippen molar-refractivity contribution in [2.24, 2.45) is 0 Å². The van der Waals surface area contributed by atoms with E-state index in [1.54, 1.807) is 23.5 Å². The van der Waals surface area contributed by atoms with Gasteiger partial charge in [-0.1, -0.05) is 22.0 Å². The molecule has 0 radical (unpaired) electrons. The van der Waals surface area contributed by atoms with Gasteiger partial charge in [-0.25, -0.2) is 4.39 Å². The van der Waals surface area contributed by atoms with Crippen LogP contribution in [0.15, 0.2) is 34.1 Å².